The second-order valence-electron chi connectivity index (χ2n) is 7.33. The predicted octanol–water partition coefficient (Wildman–Crippen LogP) is 2.68. The molecule has 1 atom stereocenters. The van der Waals surface area contributed by atoms with Crippen LogP contribution in [-0.2, 0) is 19.4 Å². The van der Waals surface area contributed by atoms with Gasteiger partial charge >= 0.3 is 0 Å². The van der Waals surface area contributed by atoms with Gasteiger partial charge in [-0.1, -0.05) is 25.1 Å². The Morgan fingerprint density at radius 2 is 1.93 bits per heavy atom. The third-order valence-corrected chi connectivity index (χ3v) is 6.46. The summed E-state index contributed by atoms with van der Waals surface area (Å²) in [5, 5.41) is 5.05. The van der Waals surface area contributed by atoms with Gasteiger partial charge in [-0.3, -0.25) is 25.2 Å². The summed E-state index contributed by atoms with van der Waals surface area (Å²) in [6.45, 7) is 4.34. The smallest absolute Gasteiger partial charge is 0.267 e. The Bertz CT molecular complexity index is 1160. The van der Waals surface area contributed by atoms with Gasteiger partial charge in [-0.05, 0) is 49.8 Å². The van der Waals surface area contributed by atoms with Crippen LogP contribution in [0.25, 0.3) is 10.8 Å². The average molecular weight is 410 g/mol. The minimum atomic E-state index is -0.563. The van der Waals surface area contributed by atoms with Gasteiger partial charge in [0.25, 0.3) is 17.4 Å². The molecule has 0 bridgehead atoms. The van der Waals surface area contributed by atoms with Crippen LogP contribution in [0, 0.1) is 5.92 Å². The van der Waals surface area contributed by atoms with Crippen molar-refractivity contribution in [2.24, 2.45) is 5.92 Å². The van der Waals surface area contributed by atoms with Crippen molar-refractivity contribution in [3.8, 4) is 0 Å². The lowest BCUT2D eigenvalue weighted by molar-refractivity contribution is 0.0846. The monoisotopic (exact) mass is 410 g/mol. The molecule has 150 valence electrons. The zero-order valence-corrected chi connectivity index (χ0v) is 17.1. The van der Waals surface area contributed by atoms with Crippen molar-refractivity contribution in [2.75, 3.05) is 0 Å². The first-order chi connectivity index (χ1) is 14.0. The molecule has 4 rings (SSSR count). The lowest BCUT2D eigenvalue weighted by atomic mass is 9.90. The number of aryl methyl sites for hydroxylation is 2. The number of thiophene rings is 1. The van der Waals surface area contributed by atoms with E-state index >= 15 is 0 Å². The molecule has 0 radical (unpaired) electrons. The van der Waals surface area contributed by atoms with E-state index in [0.29, 0.717) is 28.1 Å². The number of rotatable bonds is 3. The van der Waals surface area contributed by atoms with E-state index < -0.39 is 5.91 Å². The summed E-state index contributed by atoms with van der Waals surface area (Å²) in [7, 11) is 0. The van der Waals surface area contributed by atoms with E-state index in [1.807, 2.05) is 6.07 Å². The molecule has 29 heavy (non-hydrogen) atoms. The molecule has 2 N–H and O–H groups in total. The first-order valence-corrected chi connectivity index (χ1v) is 10.5. The highest BCUT2D eigenvalue weighted by Crippen LogP contribution is 2.32. The fourth-order valence-electron chi connectivity index (χ4n) is 3.67. The van der Waals surface area contributed by atoms with Crippen molar-refractivity contribution in [3.63, 3.8) is 0 Å². The number of carbonyl (C=O) groups excluding carboxylic acids is 2. The Labute approximate surface area is 171 Å². The van der Waals surface area contributed by atoms with Crippen LogP contribution >= 0.6 is 11.3 Å². The van der Waals surface area contributed by atoms with Gasteiger partial charge in [0, 0.05) is 16.8 Å². The largest absolute Gasteiger partial charge is 0.290 e. The molecule has 2 heterocycles. The predicted molar refractivity (Wildman–Crippen MR) is 112 cm³/mol. The molecule has 1 aliphatic carbocycles. The summed E-state index contributed by atoms with van der Waals surface area (Å²) in [5.74, 6) is -0.286. The maximum Gasteiger partial charge on any atom is 0.290 e. The maximum absolute atomic E-state index is 12.7. The maximum atomic E-state index is 12.7. The lowest BCUT2D eigenvalue weighted by Crippen LogP contribution is -2.42. The number of hydrogen-bond acceptors (Lipinski definition) is 5. The van der Waals surface area contributed by atoms with E-state index in [9.17, 15) is 14.4 Å². The summed E-state index contributed by atoms with van der Waals surface area (Å²) >= 11 is 1.48. The van der Waals surface area contributed by atoms with Gasteiger partial charge in [-0.15, -0.1) is 11.3 Å². The summed E-state index contributed by atoms with van der Waals surface area (Å²) in [6.07, 6.45) is 3.12. The van der Waals surface area contributed by atoms with E-state index in [1.54, 1.807) is 31.2 Å². The van der Waals surface area contributed by atoms with Crippen molar-refractivity contribution < 1.29 is 9.59 Å². The van der Waals surface area contributed by atoms with Crippen molar-refractivity contribution in [1.82, 2.24) is 20.6 Å². The number of hydrazine groups is 1. The lowest BCUT2D eigenvalue weighted by Gasteiger charge is -2.16. The molecule has 1 unspecified atom stereocenters. The van der Waals surface area contributed by atoms with E-state index in [-0.39, 0.29) is 17.2 Å². The number of amides is 2. The highest BCUT2D eigenvalue weighted by atomic mass is 32.1. The van der Waals surface area contributed by atoms with Gasteiger partial charge in [0.1, 0.15) is 0 Å². The molecule has 1 aliphatic rings. The van der Waals surface area contributed by atoms with Crippen LogP contribution in [0.15, 0.2) is 35.1 Å². The van der Waals surface area contributed by atoms with Crippen LogP contribution in [0.2, 0.25) is 0 Å². The molecule has 0 saturated carbocycles. The van der Waals surface area contributed by atoms with E-state index in [1.165, 1.54) is 26.5 Å². The Morgan fingerprint density at radius 3 is 2.69 bits per heavy atom. The van der Waals surface area contributed by atoms with Crippen molar-refractivity contribution >= 4 is 33.9 Å². The molecule has 0 spiro atoms. The number of carbonyl (C=O) groups is 2. The van der Waals surface area contributed by atoms with Crippen LogP contribution in [0.3, 0.4) is 0 Å². The standard InChI is InChI=1S/C21H22N4O3S/c1-3-25-21(28)15-7-5-4-6-14(15)18(24-25)20(27)23-22-19(26)17-11-13-10-12(2)8-9-16(13)29-17/h4-7,11-12H,3,8-10H2,1-2H3,(H,22,26)(H,23,27). The van der Waals surface area contributed by atoms with Crippen molar-refractivity contribution in [3.05, 3.63) is 61.7 Å². The quantitative estimate of drug-likeness (QED) is 0.649. The number of nitrogens with one attached hydrogen (secondary N) is 2. The third kappa shape index (κ3) is 3.67. The molecular formula is C21H22N4O3S. The summed E-state index contributed by atoms with van der Waals surface area (Å²) in [6, 6.07) is 8.74. The summed E-state index contributed by atoms with van der Waals surface area (Å²) in [4.78, 5) is 39.5. The van der Waals surface area contributed by atoms with Gasteiger partial charge in [-0.2, -0.15) is 5.10 Å². The molecule has 8 heteroatoms. The molecule has 3 aromatic rings. The summed E-state index contributed by atoms with van der Waals surface area (Å²) in [5.41, 5.74) is 6.00. The molecule has 0 aliphatic heterocycles. The third-order valence-electron chi connectivity index (χ3n) is 5.22. The minimum Gasteiger partial charge on any atom is -0.267 e. The highest BCUT2D eigenvalue weighted by Gasteiger charge is 2.22. The Kier molecular flexibility index (Phi) is 5.19. The van der Waals surface area contributed by atoms with Crippen LogP contribution in [0.1, 0.15) is 50.9 Å². The number of hydrogen-bond donors (Lipinski definition) is 2. The van der Waals surface area contributed by atoms with E-state index in [0.717, 1.165) is 19.3 Å². The molecule has 0 saturated heterocycles. The van der Waals surface area contributed by atoms with Gasteiger partial charge in [0.05, 0.1) is 10.3 Å². The van der Waals surface area contributed by atoms with Crippen LogP contribution in [0.4, 0.5) is 0 Å². The topological polar surface area (TPSA) is 93.1 Å². The number of fused-ring (bicyclic) bond motifs is 2. The van der Waals surface area contributed by atoms with Gasteiger partial charge < -0.3 is 0 Å². The van der Waals surface area contributed by atoms with Gasteiger partial charge in [0.15, 0.2) is 5.69 Å². The second-order valence-corrected chi connectivity index (χ2v) is 8.47. The number of nitrogens with zero attached hydrogens (tertiary/aromatic N) is 2. The highest BCUT2D eigenvalue weighted by molar-refractivity contribution is 7.14. The normalized spacial score (nSPS) is 15.7. The SMILES string of the molecule is CCn1nc(C(=O)NNC(=O)c2cc3c(s2)CCC(C)C3)c2ccccc2c1=O. The minimum absolute atomic E-state index is 0.0987. The first kappa shape index (κ1) is 19.3. The fraction of sp³-hybridized carbons (Fsp3) is 0.333. The van der Waals surface area contributed by atoms with Crippen LogP contribution < -0.4 is 16.4 Å². The Balaban J connectivity index is 1.54. The zero-order chi connectivity index (χ0) is 20.5. The molecule has 7 nitrogen and oxygen atoms in total. The molecule has 2 amide bonds. The number of aromatic nitrogens is 2. The Hall–Kier alpha value is -3.00. The molecule has 0 fully saturated rings. The van der Waals surface area contributed by atoms with Crippen molar-refractivity contribution in [1.29, 1.82) is 0 Å². The fourth-order valence-corrected chi connectivity index (χ4v) is 4.77. The molecule has 2 aromatic heterocycles. The van der Waals surface area contributed by atoms with Crippen LogP contribution in [-0.4, -0.2) is 21.6 Å². The van der Waals surface area contributed by atoms with Crippen LogP contribution in [0.5, 0.6) is 0 Å². The average Bonchev–Trinajstić information content (AvgIpc) is 3.15. The van der Waals surface area contributed by atoms with Gasteiger partial charge in [0.2, 0.25) is 0 Å². The molecule has 1 aromatic carbocycles. The number of benzene rings is 1. The van der Waals surface area contributed by atoms with E-state index in [2.05, 4.69) is 22.9 Å². The second kappa shape index (κ2) is 7.79. The first-order valence-electron chi connectivity index (χ1n) is 9.70. The summed E-state index contributed by atoms with van der Waals surface area (Å²) < 4.78 is 1.24. The van der Waals surface area contributed by atoms with E-state index in [4.69, 9.17) is 0 Å². The van der Waals surface area contributed by atoms with Crippen molar-refractivity contribution in [2.45, 2.75) is 39.7 Å². The van der Waals surface area contributed by atoms with Gasteiger partial charge in [-0.25, -0.2) is 4.68 Å². The molecular weight excluding hydrogens is 388 g/mol. The zero-order valence-electron chi connectivity index (χ0n) is 16.3. The Morgan fingerprint density at radius 1 is 1.21 bits per heavy atom.